The summed E-state index contributed by atoms with van der Waals surface area (Å²) in [4.78, 5) is 18.8. The van der Waals surface area contributed by atoms with E-state index in [0.717, 1.165) is 23.3 Å². The van der Waals surface area contributed by atoms with Crippen LogP contribution < -0.4 is 4.74 Å². The lowest BCUT2D eigenvalue weighted by Gasteiger charge is -2.23. The summed E-state index contributed by atoms with van der Waals surface area (Å²) in [5.41, 5.74) is 1.69. The van der Waals surface area contributed by atoms with Crippen LogP contribution in [-0.2, 0) is 25.9 Å². The molecule has 1 heterocycles. The highest BCUT2D eigenvalue weighted by Crippen LogP contribution is 2.29. The molecule has 3 aromatic carbocycles. The summed E-state index contributed by atoms with van der Waals surface area (Å²) < 4.78 is 57.8. The molecule has 184 valence electrons. The van der Waals surface area contributed by atoms with E-state index in [9.17, 15) is 22.4 Å². The lowest BCUT2D eigenvalue weighted by Crippen LogP contribution is -2.30. The zero-order valence-corrected chi connectivity index (χ0v) is 19.1. The van der Waals surface area contributed by atoms with Gasteiger partial charge in [0.25, 0.3) is 5.91 Å². The maximum absolute atomic E-state index is 13.3. The highest BCUT2D eigenvalue weighted by molar-refractivity contribution is 5.94. The monoisotopic (exact) mass is 494 g/mol. The molecule has 0 saturated carbocycles. The minimum atomic E-state index is -4.48. The second kappa shape index (κ2) is 11.0. The van der Waals surface area contributed by atoms with Crippen LogP contribution in [0.15, 0.2) is 97.3 Å². The Bertz CT molecular complexity index is 1290. The lowest BCUT2D eigenvalue weighted by atomic mass is 10.1. The molecule has 0 atom stereocenters. The van der Waals surface area contributed by atoms with Gasteiger partial charge < -0.3 is 9.64 Å². The van der Waals surface area contributed by atoms with Gasteiger partial charge in [-0.2, -0.15) is 13.2 Å². The minimum Gasteiger partial charge on any atom is -0.489 e. The summed E-state index contributed by atoms with van der Waals surface area (Å²) in [5.74, 6) is -0.150. The van der Waals surface area contributed by atoms with E-state index in [-0.39, 0.29) is 31.1 Å². The molecule has 4 nitrogen and oxygen atoms in total. The van der Waals surface area contributed by atoms with Crippen molar-refractivity contribution in [3.63, 3.8) is 0 Å². The number of pyridine rings is 1. The Morgan fingerprint density at radius 2 is 1.44 bits per heavy atom. The maximum atomic E-state index is 13.3. The molecule has 4 aromatic rings. The lowest BCUT2D eigenvalue weighted by molar-refractivity contribution is -0.137. The third-order valence-electron chi connectivity index (χ3n) is 5.46. The number of carbonyl (C=O) groups is 1. The molecule has 0 aliphatic carbocycles. The SMILES string of the molecule is O=C(c1ccc(C(F)(F)F)cc1)N(Cc1ccncc1)Cc1ccc(OCc2cccc(F)c2)cc1. The highest BCUT2D eigenvalue weighted by atomic mass is 19.4. The first-order valence-corrected chi connectivity index (χ1v) is 11.1. The first kappa shape index (κ1) is 24.9. The Hall–Kier alpha value is -4.20. The molecule has 0 aliphatic rings. The Labute approximate surface area is 205 Å². The molecule has 0 aliphatic heterocycles. The van der Waals surface area contributed by atoms with Gasteiger partial charge >= 0.3 is 6.18 Å². The molecule has 0 saturated heterocycles. The van der Waals surface area contributed by atoms with Crippen LogP contribution in [0.25, 0.3) is 0 Å². The number of carbonyl (C=O) groups excluding carboxylic acids is 1. The van der Waals surface area contributed by atoms with Crippen LogP contribution >= 0.6 is 0 Å². The molecule has 4 rings (SSSR count). The highest BCUT2D eigenvalue weighted by Gasteiger charge is 2.30. The van der Waals surface area contributed by atoms with Gasteiger partial charge in [0.15, 0.2) is 0 Å². The third-order valence-corrected chi connectivity index (χ3v) is 5.46. The second-order valence-electron chi connectivity index (χ2n) is 8.15. The minimum absolute atomic E-state index is 0.159. The van der Waals surface area contributed by atoms with Crippen LogP contribution in [0.2, 0.25) is 0 Å². The summed E-state index contributed by atoms with van der Waals surface area (Å²) in [6.45, 7) is 0.685. The van der Waals surface area contributed by atoms with E-state index < -0.39 is 17.6 Å². The van der Waals surface area contributed by atoms with Crippen molar-refractivity contribution in [2.45, 2.75) is 25.9 Å². The smallest absolute Gasteiger partial charge is 0.416 e. The van der Waals surface area contributed by atoms with Crippen molar-refractivity contribution in [1.82, 2.24) is 9.88 Å². The van der Waals surface area contributed by atoms with E-state index >= 15 is 0 Å². The van der Waals surface area contributed by atoms with Gasteiger partial charge in [0, 0.05) is 31.0 Å². The van der Waals surface area contributed by atoms with Crippen molar-refractivity contribution < 1.29 is 27.1 Å². The van der Waals surface area contributed by atoms with E-state index in [1.807, 2.05) is 0 Å². The van der Waals surface area contributed by atoms with Crippen molar-refractivity contribution in [3.8, 4) is 5.75 Å². The van der Waals surface area contributed by atoms with Crippen LogP contribution in [-0.4, -0.2) is 15.8 Å². The van der Waals surface area contributed by atoms with Gasteiger partial charge in [0.2, 0.25) is 0 Å². The number of nitrogens with zero attached hydrogens (tertiary/aromatic N) is 2. The standard InChI is InChI=1S/C28H22F4N2O2/c29-25-3-1-2-22(16-25)19-36-26-10-4-20(5-11-26)17-34(18-21-12-14-33-15-13-21)27(35)23-6-8-24(9-7-23)28(30,31)32/h1-16H,17-19H2. The van der Waals surface area contributed by atoms with E-state index in [1.54, 1.807) is 65.8 Å². The van der Waals surface area contributed by atoms with Gasteiger partial charge in [-0.3, -0.25) is 9.78 Å². The zero-order valence-electron chi connectivity index (χ0n) is 19.1. The molecule has 0 N–H and O–H groups in total. The fraction of sp³-hybridized carbons (Fsp3) is 0.143. The number of halogens is 4. The number of benzene rings is 3. The molecular formula is C28H22F4N2O2. The number of ether oxygens (including phenoxy) is 1. The number of amides is 1. The largest absolute Gasteiger partial charge is 0.489 e. The van der Waals surface area contributed by atoms with Gasteiger partial charge in [0.1, 0.15) is 18.2 Å². The summed E-state index contributed by atoms with van der Waals surface area (Å²) in [6.07, 6.45) is -1.25. The van der Waals surface area contributed by atoms with Crippen molar-refractivity contribution in [2.75, 3.05) is 0 Å². The summed E-state index contributed by atoms with van der Waals surface area (Å²) >= 11 is 0. The maximum Gasteiger partial charge on any atom is 0.416 e. The Morgan fingerprint density at radius 1 is 0.806 bits per heavy atom. The molecule has 1 aromatic heterocycles. The number of aromatic nitrogens is 1. The predicted molar refractivity (Wildman–Crippen MR) is 126 cm³/mol. The summed E-state index contributed by atoms with van der Waals surface area (Å²) in [7, 11) is 0. The Kier molecular flexibility index (Phi) is 7.63. The van der Waals surface area contributed by atoms with Crippen molar-refractivity contribution in [3.05, 3.63) is 131 Å². The molecular weight excluding hydrogens is 472 g/mol. The van der Waals surface area contributed by atoms with Crippen molar-refractivity contribution in [1.29, 1.82) is 0 Å². The van der Waals surface area contributed by atoms with Crippen LogP contribution in [0, 0.1) is 5.82 Å². The van der Waals surface area contributed by atoms with Crippen LogP contribution in [0.5, 0.6) is 5.75 Å². The van der Waals surface area contributed by atoms with Gasteiger partial charge in [-0.05, 0) is 77.4 Å². The van der Waals surface area contributed by atoms with Crippen LogP contribution in [0.1, 0.15) is 32.6 Å². The quantitative estimate of drug-likeness (QED) is 0.257. The molecule has 0 radical (unpaired) electrons. The first-order chi connectivity index (χ1) is 17.3. The molecule has 0 bridgehead atoms. The molecule has 0 unspecified atom stereocenters. The molecule has 0 fully saturated rings. The number of alkyl halides is 3. The fourth-order valence-corrected chi connectivity index (χ4v) is 3.60. The molecule has 8 heteroatoms. The van der Waals surface area contributed by atoms with E-state index in [4.69, 9.17) is 4.74 Å². The van der Waals surface area contributed by atoms with Crippen LogP contribution in [0.3, 0.4) is 0 Å². The van der Waals surface area contributed by atoms with Crippen LogP contribution in [0.4, 0.5) is 17.6 Å². The first-order valence-electron chi connectivity index (χ1n) is 11.1. The van der Waals surface area contributed by atoms with E-state index in [0.29, 0.717) is 11.3 Å². The van der Waals surface area contributed by atoms with E-state index in [1.165, 1.54) is 24.3 Å². The fourth-order valence-electron chi connectivity index (χ4n) is 3.60. The topological polar surface area (TPSA) is 42.4 Å². The third kappa shape index (κ3) is 6.69. The molecule has 1 amide bonds. The second-order valence-corrected chi connectivity index (χ2v) is 8.15. The number of rotatable bonds is 8. The normalized spacial score (nSPS) is 11.2. The predicted octanol–water partition coefficient (Wildman–Crippen LogP) is 6.66. The Morgan fingerprint density at radius 3 is 2.06 bits per heavy atom. The van der Waals surface area contributed by atoms with Gasteiger partial charge in [0.05, 0.1) is 5.56 Å². The van der Waals surface area contributed by atoms with Gasteiger partial charge in [-0.1, -0.05) is 24.3 Å². The number of hydrogen-bond acceptors (Lipinski definition) is 3. The molecule has 0 spiro atoms. The molecule has 36 heavy (non-hydrogen) atoms. The van der Waals surface area contributed by atoms with Gasteiger partial charge in [-0.25, -0.2) is 4.39 Å². The summed E-state index contributed by atoms with van der Waals surface area (Å²) in [5, 5.41) is 0. The van der Waals surface area contributed by atoms with E-state index in [2.05, 4.69) is 4.98 Å². The average Bonchev–Trinajstić information content (AvgIpc) is 2.88. The Balaban J connectivity index is 1.48. The average molecular weight is 494 g/mol. The number of hydrogen-bond donors (Lipinski definition) is 0. The summed E-state index contributed by atoms with van der Waals surface area (Å²) in [6, 6.07) is 21.0. The van der Waals surface area contributed by atoms with Crippen molar-refractivity contribution in [2.24, 2.45) is 0 Å². The zero-order chi connectivity index (χ0) is 25.5. The van der Waals surface area contributed by atoms with Crippen molar-refractivity contribution >= 4 is 5.91 Å². The van der Waals surface area contributed by atoms with Gasteiger partial charge in [-0.15, -0.1) is 0 Å².